The number of aromatic nitrogens is 4. The molecule has 0 spiro atoms. The van der Waals surface area contributed by atoms with Crippen LogP contribution in [0.15, 0.2) is 29.2 Å². The van der Waals surface area contributed by atoms with Crippen molar-refractivity contribution in [2.75, 3.05) is 33.2 Å². The molecule has 2 aromatic rings. The molecule has 3 rings (SSSR count). The summed E-state index contributed by atoms with van der Waals surface area (Å²) in [6.07, 6.45) is 0.828. The Bertz CT molecular complexity index is 825. The van der Waals surface area contributed by atoms with Gasteiger partial charge in [-0.15, -0.1) is 5.10 Å². The zero-order chi connectivity index (χ0) is 18.7. The van der Waals surface area contributed by atoms with Crippen molar-refractivity contribution in [3.63, 3.8) is 0 Å². The van der Waals surface area contributed by atoms with Crippen molar-refractivity contribution in [3.05, 3.63) is 35.7 Å². The number of hydrogen-bond acceptors (Lipinski definition) is 7. The highest BCUT2D eigenvalue weighted by molar-refractivity contribution is 7.90. The molecule has 1 saturated heterocycles. The highest BCUT2D eigenvalue weighted by Gasteiger charge is 2.28. The summed E-state index contributed by atoms with van der Waals surface area (Å²) in [4.78, 5) is 4.91. The molecule has 26 heavy (non-hydrogen) atoms. The van der Waals surface area contributed by atoms with Gasteiger partial charge in [-0.1, -0.05) is 24.6 Å². The van der Waals surface area contributed by atoms with Gasteiger partial charge in [0, 0.05) is 26.2 Å². The van der Waals surface area contributed by atoms with Gasteiger partial charge in [0.05, 0.1) is 10.9 Å². The number of rotatable bonds is 6. The first-order valence-electron chi connectivity index (χ1n) is 8.89. The zero-order valence-electron chi connectivity index (χ0n) is 15.5. The molecule has 0 amide bonds. The molecule has 142 valence electrons. The number of benzene rings is 1. The normalized spacial score (nSPS) is 18.1. The fourth-order valence-corrected chi connectivity index (χ4v) is 4.47. The highest BCUT2D eigenvalue weighted by atomic mass is 32.2. The van der Waals surface area contributed by atoms with Crippen LogP contribution in [0.5, 0.6) is 0 Å². The Hall–Kier alpha value is -1.84. The summed E-state index contributed by atoms with van der Waals surface area (Å²) >= 11 is 0. The molecule has 0 radical (unpaired) electrons. The minimum atomic E-state index is -3.51. The molecule has 0 bridgehead atoms. The van der Waals surface area contributed by atoms with E-state index in [1.165, 1.54) is 4.68 Å². The second-order valence-electron chi connectivity index (χ2n) is 6.86. The van der Waals surface area contributed by atoms with Crippen molar-refractivity contribution in [1.29, 1.82) is 0 Å². The Morgan fingerprint density at radius 1 is 1.12 bits per heavy atom. The van der Waals surface area contributed by atoms with E-state index in [-0.39, 0.29) is 16.8 Å². The molecule has 0 unspecified atom stereocenters. The molecule has 1 atom stereocenters. The van der Waals surface area contributed by atoms with E-state index < -0.39 is 9.84 Å². The van der Waals surface area contributed by atoms with Gasteiger partial charge in [-0.05, 0) is 43.0 Å². The third-order valence-electron chi connectivity index (χ3n) is 4.90. The van der Waals surface area contributed by atoms with Crippen LogP contribution in [0.1, 0.15) is 30.8 Å². The smallest absolute Gasteiger partial charge is 0.198 e. The number of aryl methyl sites for hydroxylation is 1. The first kappa shape index (κ1) is 18.9. The first-order chi connectivity index (χ1) is 12.4. The van der Waals surface area contributed by atoms with Gasteiger partial charge in [0.25, 0.3) is 0 Å². The summed E-state index contributed by atoms with van der Waals surface area (Å²) in [5.74, 6) is 0.371. The van der Waals surface area contributed by atoms with E-state index in [1.807, 2.05) is 6.92 Å². The molecular weight excluding hydrogens is 352 g/mol. The van der Waals surface area contributed by atoms with Crippen LogP contribution >= 0.6 is 0 Å². The number of piperazine rings is 1. The lowest BCUT2D eigenvalue weighted by Crippen LogP contribution is -2.46. The molecule has 9 heteroatoms. The van der Waals surface area contributed by atoms with Gasteiger partial charge in [-0.2, -0.15) is 0 Å². The molecule has 1 aliphatic rings. The SMILES string of the molecule is CC[C@@H](c1nnnn1CS(=O)(=O)c1ccc(C)cc1)N1CCN(C)CC1. The lowest BCUT2D eigenvalue weighted by Gasteiger charge is -2.36. The lowest BCUT2D eigenvalue weighted by molar-refractivity contribution is 0.103. The van der Waals surface area contributed by atoms with Gasteiger partial charge < -0.3 is 4.90 Å². The second-order valence-corrected chi connectivity index (χ2v) is 8.82. The van der Waals surface area contributed by atoms with Crippen LogP contribution < -0.4 is 0 Å². The average Bonchev–Trinajstić information content (AvgIpc) is 3.05. The summed E-state index contributed by atoms with van der Waals surface area (Å²) in [5.41, 5.74) is 1.02. The molecule has 0 N–H and O–H groups in total. The fourth-order valence-electron chi connectivity index (χ4n) is 3.26. The first-order valence-corrected chi connectivity index (χ1v) is 10.5. The Balaban J connectivity index is 1.82. The quantitative estimate of drug-likeness (QED) is 0.744. The molecule has 2 heterocycles. The summed E-state index contributed by atoms with van der Waals surface area (Å²) in [5, 5.41) is 11.9. The van der Waals surface area contributed by atoms with Crippen LogP contribution in [0.4, 0.5) is 0 Å². The van der Waals surface area contributed by atoms with Crippen LogP contribution in [0.3, 0.4) is 0 Å². The average molecular weight is 379 g/mol. The molecule has 0 saturated carbocycles. The maximum Gasteiger partial charge on any atom is 0.198 e. The topological polar surface area (TPSA) is 84.2 Å². The molecule has 1 aromatic carbocycles. The van der Waals surface area contributed by atoms with E-state index >= 15 is 0 Å². The van der Waals surface area contributed by atoms with E-state index in [9.17, 15) is 8.42 Å². The summed E-state index contributed by atoms with van der Waals surface area (Å²) in [7, 11) is -1.40. The minimum absolute atomic E-state index is 0.0203. The van der Waals surface area contributed by atoms with E-state index in [2.05, 4.69) is 39.3 Å². The third kappa shape index (κ3) is 4.11. The predicted octanol–water partition coefficient (Wildman–Crippen LogP) is 1.11. The van der Waals surface area contributed by atoms with Crippen molar-refractivity contribution < 1.29 is 8.42 Å². The lowest BCUT2D eigenvalue weighted by atomic mass is 10.1. The maximum absolute atomic E-state index is 12.8. The Kier molecular flexibility index (Phi) is 5.69. The number of hydrogen-bond donors (Lipinski definition) is 0. The molecule has 8 nitrogen and oxygen atoms in total. The molecule has 1 aromatic heterocycles. The van der Waals surface area contributed by atoms with Gasteiger partial charge in [-0.3, -0.25) is 4.90 Å². The van der Waals surface area contributed by atoms with Crippen LogP contribution in [0.2, 0.25) is 0 Å². The van der Waals surface area contributed by atoms with Crippen LogP contribution in [0.25, 0.3) is 0 Å². The van der Waals surface area contributed by atoms with E-state index in [0.29, 0.717) is 5.82 Å². The number of nitrogens with zero attached hydrogens (tertiary/aromatic N) is 6. The maximum atomic E-state index is 12.8. The predicted molar refractivity (Wildman–Crippen MR) is 98.3 cm³/mol. The van der Waals surface area contributed by atoms with E-state index in [4.69, 9.17) is 0 Å². The monoisotopic (exact) mass is 378 g/mol. The Labute approximate surface area is 154 Å². The van der Waals surface area contributed by atoms with Gasteiger partial charge in [0.1, 0.15) is 0 Å². The van der Waals surface area contributed by atoms with Crippen molar-refractivity contribution in [2.45, 2.75) is 37.1 Å². The molecule has 1 aliphatic heterocycles. The van der Waals surface area contributed by atoms with Crippen molar-refractivity contribution in [2.24, 2.45) is 0 Å². The van der Waals surface area contributed by atoms with Gasteiger partial charge >= 0.3 is 0 Å². The summed E-state index contributed by atoms with van der Waals surface area (Å²) in [6.45, 7) is 7.83. The van der Waals surface area contributed by atoms with Crippen LogP contribution in [-0.2, 0) is 15.7 Å². The summed E-state index contributed by atoms with van der Waals surface area (Å²) < 4.78 is 26.9. The highest BCUT2D eigenvalue weighted by Crippen LogP contribution is 2.24. The van der Waals surface area contributed by atoms with Crippen LogP contribution in [-0.4, -0.2) is 71.7 Å². The van der Waals surface area contributed by atoms with Gasteiger partial charge in [-0.25, -0.2) is 13.1 Å². The largest absolute Gasteiger partial charge is 0.304 e. The standard InChI is InChI=1S/C17H26N6O2S/c1-4-16(22-11-9-21(3)10-12-22)17-18-19-20-23(17)13-26(24,25)15-7-5-14(2)6-8-15/h5-8,16H,4,9-13H2,1-3H3/t16-/m0/s1. The molecule has 1 fully saturated rings. The second kappa shape index (κ2) is 7.81. The van der Waals surface area contributed by atoms with Gasteiger partial charge in [0.15, 0.2) is 21.5 Å². The van der Waals surface area contributed by atoms with Crippen molar-refractivity contribution in [3.8, 4) is 0 Å². The van der Waals surface area contributed by atoms with Crippen LogP contribution in [0, 0.1) is 6.92 Å². The number of tetrazole rings is 1. The zero-order valence-corrected chi connectivity index (χ0v) is 16.4. The summed E-state index contributed by atoms with van der Waals surface area (Å²) in [6, 6.07) is 6.88. The minimum Gasteiger partial charge on any atom is -0.304 e. The fraction of sp³-hybridized carbons (Fsp3) is 0.588. The number of likely N-dealkylation sites (N-methyl/N-ethyl adjacent to an activating group) is 1. The Morgan fingerprint density at radius 3 is 2.38 bits per heavy atom. The van der Waals surface area contributed by atoms with Crippen molar-refractivity contribution in [1.82, 2.24) is 30.0 Å². The van der Waals surface area contributed by atoms with Gasteiger partial charge in [0.2, 0.25) is 0 Å². The number of sulfone groups is 1. The molecular formula is C17H26N6O2S. The molecule has 0 aliphatic carbocycles. The van der Waals surface area contributed by atoms with E-state index in [1.54, 1.807) is 24.3 Å². The Morgan fingerprint density at radius 2 is 1.77 bits per heavy atom. The van der Waals surface area contributed by atoms with E-state index in [0.717, 1.165) is 38.2 Å². The van der Waals surface area contributed by atoms with Crippen molar-refractivity contribution >= 4 is 9.84 Å². The third-order valence-corrected chi connectivity index (χ3v) is 6.47.